The van der Waals surface area contributed by atoms with Crippen molar-refractivity contribution >= 4 is 17.7 Å². The molecule has 0 bridgehead atoms. The van der Waals surface area contributed by atoms with Crippen molar-refractivity contribution in [2.45, 2.75) is 12.1 Å². The van der Waals surface area contributed by atoms with Gasteiger partial charge in [-0.15, -0.1) is 16.6 Å². The molecule has 1 aromatic heterocycles. The summed E-state index contributed by atoms with van der Waals surface area (Å²) in [6.45, 7) is 2.12. The number of hydrogen-bond donors (Lipinski definition) is 1. The van der Waals surface area contributed by atoms with Crippen molar-refractivity contribution in [3.05, 3.63) is 5.82 Å². The van der Waals surface area contributed by atoms with E-state index >= 15 is 0 Å². The molecule has 6 heteroatoms. The standard InChI is InChI=1S/C9H12N4OS/c1-4-5-10-8(14)6-15-9-12-11-7(2)13(9)3/h1H,5-6H2,2-3H3,(H,10,14). The zero-order valence-corrected chi connectivity index (χ0v) is 9.47. The van der Waals surface area contributed by atoms with Crippen molar-refractivity contribution in [1.82, 2.24) is 20.1 Å². The van der Waals surface area contributed by atoms with Gasteiger partial charge in [0.1, 0.15) is 5.82 Å². The molecule has 1 amide bonds. The highest BCUT2D eigenvalue weighted by Gasteiger charge is 2.07. The number of hydrogen-bond acceptors (Lipinski definition) is 4. The van der Waals surface area contributed by atoms with E-state index in [0.717, 1.165) is 11.0 Å². The predicted molar refractivity (Wildman–Crippen MR) is 58.3 cm³/mol. The van der Waals surface area contributed by atoms with Gasteiger partial charge in [0, 0.05) is 7.05 Å². The number of thioether (sulfide) groups is 1. The zero-order chi connectivity index (χ0) is 11.3. The molecule has 1 aromatic rings. The number of terminal acetylenes is 1. The number of carbonyl (C=O) groups is 1. The second-order valence-electron chi connectivity index (χ2n) is 2.86. The Kier molecular flexibility index (Phi) is 4.18. The van der Waals surface area contributed by atoms with Crippen molar-refractivity contribution in [2.24, 2.45) is 7.05 Å². The van der Waals surface area contributed by atoms with E-state index in [9.17, 15) is 4.79 Å². The summed E-state index contributed by atoms with van der Waals surface area (Å²) >= 11 is 1.34. The summed E-state index contributed by atoms with van der Waals surface area (Å²) in [6, 6.07) is 0. The molecule has 0 aliphatic carbocycles. The van der Waals surface area contributed by atoms with Crippen molar-refractivity contribution < 1.29 is 4.79 Å². The van der Waals surface area contributed by atoms with E-state index in [1.807, 2.05) is 18.5 Å². The predicted octanol–water partition coefficient (Wildman–Crippen LogP) is -0.0350. The molecule has 0 saturated carbocycles. The lowest BCUT2D eigenvalue weighted by Gasteiger charge is -2.01. The molecule has 1 rings (SSSR count). The van der Waals surface area contributed by atoms with Gasteiger partial charge >= 0.3 is 0 Å². The maximum Gasteiger partial charge on any atom is 0.231 e. The van der Waals surface area contributed by atoms with E-state index in [1.165, 1.54) is 11.8 Å². The fourth-order valence-corrected chi connectivity index (χ4v) is 1.63. The summed E-state index contributed by atoms with van der Waals surface area (Å²) in [7, 11) is 1.86. The third-order valence-electron chi connectivity index (χ3n) is 1.77. The van der Waals surface area contributed by atoms with Crippen LogP contribution in [0.25, 0.3) is 0 Å². The van der Waals surface area contributed by atoms with Crippen LogP contribution in [0.5, 0.6) is 0 Å². The fraction of sp³-hybridized carbons (Fsp3) is 0.444. The molecule has 0 aliphatic rings. The Morgan fingerprint density at radius 3 is 2.93 bits per heavy atom. The molecule has 80 valence electrons. The smallest absolute Gasteiger partial charge is 0.231 e. The Morgan fingerprint density at radius 2 is 2.40 bits per heavy atom. The van der Waals surface area contributed by atoms with Gasteiger partial charge in [0.15, 0.2) is 5.16 Å². The summed E-state index contributed by atoms with van der Waals surface area (Å²) in [5.41, 5.74) is 0. The molecule has 0 atom stereocenters. The normalized spacial score (nSPS) is 9.67. The zero-order valence-electron chi connectivity index (χ0n) is 8.65. The Balaban J connectivity index is 2.41. The quantitative estimate of drug-likeness (QED) is 0.576. The molecule has 0 saturated heterocycles. The van der Waals surface area contributed by atoms with Gasteiger partial charge in [-0.1, -0.05) is 17.7 Å². The highest BCUT2D eigenvalue weighted by molar-refractivity contribution is 7.99. The topological polar surface area (TPSA) is 59.8 Å². The molecule has 15 heavy (non-hydrogen) atoms. The first kappa shape index (κ1) is 11.6. The molecular formula is C9H12N4OS. The number of nitrogens with zero attached hydrogens (tertiary/aromatic N) is 3. The molecule has 0 radical (unpaired) electrons. The molecule has 0 spiro atoms. The van der Waals surface area contributed by atoms with Crippen molar-refractivity contribution in [3.63, 3.8) is 0 Å². The molecule has 0 fully saturated rings. The Bertz CT molecular complexity index is 393. The second-order valence-corrected chi connectivity index (χ2v) is 3.80. The summed E-state index contributed by atoms with van der Waals surface area (Å²) in [6.07, 6.45) is 5.01. The number of nitrogens with one attached hydrogen (secondary N) is 1. The van der Waals surface area contributed by atoms with Gasteiger partial charge in [-0.25, -0.2) is 0 Å². The van der Waals surface area contributed by atoms with Crippen LogP contribution in [0.4, 0.5) is 0 Å². The van der Waals surface area contributed by atoms with Gasteiger partial charge in [0.05, 0.1) is 12.3 Å². The molecule has 0 aliphatic heterocycles. The first-order valence-electron chi connectivity index (χ1n) is 4.34. The van der Waals surface area contributed by atoms with Gasteiger partial charge in [0.25, 0.3) is 0 Å². The average molecular weight is 224 g/mol. The molecule has 5 nitrogen and oxygen atoms in total. The van der Waals surface area contributed by atoms with Crippen molar-refractivity contribution in [2.75, 3.05) is 12.3 Å². The highest BCUT2D eigenvalue weighted by Crippen LogP contribution is 2.14. The minimum atomic E-state index is -0.0985. The van der Waals surface area contributed by atoms with E-state index < -0.39 is 0 Å². The maximum absolute atomic E-state index is 11.2. The molecule has 0 unspecified atom stereocenters. The Hall–Kier alpha value is -1.48. The lowest BCUT2D eigenvalue weighted by atomic mass is 10.6. The summed E-state index contributed by atoms with van der Waals surface area (Å²) in [5, 5.41) is 11.1. The van der Waals surface area contributed by atoms with Crippen molar-refractivity contribution in [3.8, 4) is 12.3 Å². The van der Waals surface area contributed by atoms with Gasteiger partial charge in [0.2, 0.25) is 5.91 Å². The second kappa shape index (κ2) is 5.41. The summed E-state index contributed by atoms with van der Waals surface area (Å²) in [4.78, 5) is 11.2. The maximum atomic E-state index is 11.2. The number of amides is 1. The van der Waals surface area contributed by atoms with Gasteiger partial charge in [-0.05, 0) is 6.92 Å². The van der Waals surface area contributed by atoms with Crippen molar-refractivity contribution in [1.29, 1.82) is 0 Å². The van der Waals surface area contributed by atoms with Gasteiger partial charge in [-0.3, -0.25) is 4.79 Å². The first-order chi connectivity index (χ1) is 7.15. The van der Waals surface area contributed by atoms with Gasteiger partial charge < -0.3 is 9.88 Å². The summed E-state index contributed by atoms with van der Waals surface area (Å²) < 4.78 is 1.83. The first-order valence-corrected chi connectivity index (χ1v) is 5.32. The monoisotopic (exact) mass is 224 g/mol. The minimum Gasteiger partial charge on any atom is -0.344 e. The van der Waals surface area contributed by atoms with Crippen LogP contribution in [0.2, 0.25) is 0 Å². The van der Waals surface area contributed by atoms with E-state index in [2.05, 4.69) is 21.4 Å². The van der Waals surface area contributed by atoms with E-state index in [1.54, 1.807) is 0 Å². The Morgan fingerprint density at radius 1 is 1.67 bits per heavy atom. The molecular weight excluding hydrogens is 212 g/mol. The van der Waals surface area contributed by atoms with Crippen LogP contribution in [0.3, 0.4) is 0 Å². The minimum absolute atomic E-state index is 0.0985. The lowest BCUT2D eigenvalue weighted by Crippen LogP contribution is -2.25. The number of aromatic nitrogens is 3. The number of carbonyl (C=O) groups excluding carboxylic acids is 1. The van der Waals surface area contributed by atoms with E-state index in [4.69, 9.17) is 6.42 Å². The number of aryl methyl sites for hydroxylation is 1. The van der Waals surface area contributed by atoms with Crippen LogP contribution in [0.15, 0.2) is 5.16 Å². The average Bonchev–Trinajstić information content (AvgIpc) is 2.54. The third kappa shape index (κ3) is 3.29. The van der Waals surface area contributed by atoms with Crippen LogP contribution in [-0.2, 0) is 11.8 Å². The molecule has 1 N–H and O–H groups in total. The van der Waals surface area contributed by atoms with E-state index in [0.29, 0.717) is 5.75 Å². The van der Waals surface area contributed by atoms with Crippen LogP contribution in [0, 0.1) is 19.3 Å². The van der Waals surface area contributed by atoms with E-state index in [-0.39, 0.29) is 12.5 Å². The Labute approximate surface area is 92.6 Å². The van der Waals surface area contributed by atoms with Crippen LogP contribution < -0.4 is 5.32 Å². The SMILES string of the molecule is C#CCNC(=O)CSc1nnc(C)n1C. The highest BCUT2D eigenvalue weighted by atomic mass is 32.2. The van der Waals surface area contributed by atoms with Crippen LogP contribution in [0.1, 0.15) is 5.82 Å². The molecule has 1 heterocycles. The largest absolute Gasteiger partial charge is 0.344 e. The van der Waals surface area contributed by atoms with Gasteiger partial charge in [-0.2, -0.15) is 0 Å². The summed E-state index contributed by atoms with van der Waals surface area (Å²) in [5.74, 6) is 3.36. The fourth-order valence-electron chi connectivity index (χ4n) is 0.844. The number of rotatable bonds is 4. The van der Waals surface area contributed by atoms with Crippen LogP contribution in [-0.4, -0.2) is 33.0 Å². The van der Waals surface area contributed by atoms with Crippen LogP contribution >= 0.6 is 11.8 Å². The lowest BCUT2D eigenvalue weighted by molar-refractivity contribution is -0.118. The third-order valence-corrected chi connectivity index (χ3v) is 2.79. The molecule has 0 aromatic carbocycles.